The lowest BCUT2D eigenvalue weighted by molar-refractivity contribution is -0.114. The molecule has 3 rings (SSSR count). The van der Waals surface area contributed by atoms with Crippen LogP contribution in [0.5, 0.6) is 0 Å². The second-order valence-corrected chi connectivity index (χ2v) is 5.00. The third-order valence-electron chi connectivity index (χ3n) is 3.86. The molecule has 20 heavy (non-hydrogen) atoms. The standard InChI is InChI=1S/C14H16N2O4/c1-15-12-6-9(2-3-11(12)13(18)14(15)19)16-4-5-20-8-10(16)7-17/h2-3,6,10,17H,4-5,7-8H2,1H3. The summed E-state index contributed by atoms with van der Waals surface area (Å²) in [5.74, 6) is -0.965. The van der Waals surface area contributed by atoms with Crippen LogP contribution in [0.15, 0.2) is 18.2 Å². The SMILES string of the molecule is CN1C(=O)C(=O)c2ccc(N3CCOCC3CO)cc21. The maximum absolute atomic E-state index is 11.8. The van der Waals surface area contributed by atoms with Gasteiger partial charge in [-0.05, 0) is 18.2 Å². The zero-order valence-corrected chi connectivity index (χ0v) is 11.2. The van der Waals surface area contributed by atoms with E-state index in [2.05, 4.69) is 0 Å². The fraction of sp³-hybridized carbons (Fsp3) is 0.429. The van der Waals surface area contributed by atoms with Gasteiger partial charge in [-0.1, -0.05) is 0 Å². The number of anilines is 2. The molecule has 2 heterocycles. The van der Waals surface area contributed by atoms with Gasteiger partial charge in [0.1, 0.15) is 0 Å². The molecule has 0 saturated carbocycles. The number of aliphatic hydroxyl groups excluding tert-OH is 1. The van der Waals surface area contributed by atoms with E-state index < -0.39 is 11.7 Å². The largest absolute Gasteiger partial charge is 0.394 e. The minimum absolute atomic E-state index is 0.00475. The summed E-state index contributed by atoms with van der Waals surface area (Å²) in [7, 11) is 1.60. The van der Waals surface area contributed by atoms with E-state index in [-0.39, 0.29) is 12.6 Å². The number of hydrogen-bond acceptors (Lipinski definition) is 5. The van der Waals surface area contributed by atoms with E-state index in [0.717, 1.165) is 5.69 Å². The van der Waals surface area contributed by atoms with Crippen LogP contribution in [-0.2, 0) is 9.53 Å². The quantitative estimate of drug-likeness (QED) is 0.773. The highest BCUT2D eigenvalue weighted by atomic mass is 16.5. The molecule has 1 amide bonds. The van der Waals surface area contributed by atoms with E-state index in [0.29, 0.717) is 31.0 Å². The van der Waals surface area contributed by atoms with Gasteiger partial charge in [-0.3, -0.25) is 9.59 Å². The molecule has 0 radical (unpaired) electrons. The predicted octanol–water partition coefficient (Wildman–Crippen LogP) is 0.0432. The molecule has 0 spiro atoms. The number of carbonyl (C=O) groups is 2. The Morgan fingerprint density at radius 3 is 2.95 bits per heavy atom. The molecule has 1 N–H and O–H groups in total. The summed E-state index contributed by atoms with van der Waals surface area (Å²) < 4.78 is 5.35. The summed E-state index contributed by atoms with van der Waals surface area (Å²) in [5.41, 5.74) is 1.95. The third kappa shape index (κ3) is 1.88. The van der Waals surface area contributed by atoms with E-state index in [4.69, 9.17) is 4.74 Å². The number of amides is 1. The molecular weight excluding hydrogens is 260 g/mol. The van der Waals surface area contributed by atoms with Gasteiger partial charge < -0.3 is 19.6 Å². The number of nitrogens with zero attached hydrogens (tertiary/aromatic N) is 2. The van der Waals surface area contributed by atoms with Crippen molar-refractivity contribution in [3.8, 4) is 0 Å². The zero-order chi connectivity index (χ0) is 14.3. The van der Waals surface area contributed by atoms with Crippen LogP contribution in [-0.4, -0.2) is 56.3 Å². The van der Waals surface area contributed by atoms with E-state index >= 15 is 0 Å². The molecule has 2 aliphatic rings. The van der Waals surface area contributed by atoms with Crippen molar-refractivity contribution in [1.82, 2.24) is 0 Å². The van der Waals surface area contributed by atoms with Crippen LogP contribution in [0, 0.1) is 0 Å². The fourth-order valence-electron chi connectivity index (χ4n) is 2.69. The number of carbonyl (C=O) groups excluding carboxylic acids is 2. The monoisotopic (exact) mass is 276 g/mol. The number of aliphatic hydroxyl groups is 1. The van der Waals surface area contributed by atoms with Crippen molar-refractivity contribution in [3.63, 3.8) is 0 Å². The van der Waals surface area contributed by atoms with Crippen molar-refractivity contribution >= 4 is 23.1 Å². The topological polar surface area (TPSA) is 70.1 Å². The molecular formula is C14H16N2O4. The average Bonchev–Trinajstić information content (AvgIpc) is 2.71. The molecule has 106 valence electrons. The smallest absolute Gasteiger partial charge is 0.299 e. The second-order valence-electron chi connectivity index (χ2n) is 5.00. The molecule has 2 aliphatic heterocycles. The molecule has 0 aliphatic carbocycles. The summed E-state index contributed by atoms with van der Waals surface area (Å²) in [6, 6.07) is 5.22. The number of hydrogen-bond donors (Lipinski definition) is 1. The van der Waals surface area contributed by atoms with Crippen molar-refractivity contribution in [2.24, 2.45) is 0 Å². The lowest BCUT2D eigenvalue weighted by Gasteiger charge is -2.36. The van der Waals surface area contributed by atoms with Crippen LogP contribution in [0.3, 0.4) is 0 Å². The van der Waals surface area contributed by atoms with Gasteiger partial charge in [0.05, 0.1) is 37.1 Å². The van der Waals surface area contributed by atoms with Crippen molar-refractivity contribution in [2.45, 2.75) is 6.04 Å². The lowest BCUT2D eigenvalue weighted by atomic mass is 10.1. The first-order valence-corrected chi connectivity index (χ1v) is 6.55. The molecule has 1 aromatic carbocycles. The molecule has 1 aromatic rings. The van der Waals surface area contributed by atoms with Crippen LogP contribution >= 0.6 is 0 Å². The number of benzene rings is 1. The Kier molecular flexibility index (Phi) is 3.19. The Balaban J connectivity index is 1.97. The number of fused-ring (bicyclic) bond motifs is 1. The Morgan fingerprint density at radius 2 is 2.20 bits per heavy atom. The molecule has 1 fully saturated rings. The Labute approximate surface area is 116 Å². The fourth-order valence-corrected chi connectivity index (χ4v) is 2.69. The van der Waals surface area contributed by atoms with Gasteiger partial charge in [-0.2, -0.15) is 0 Å². The van der Waals surface area contributed by atoms with E-state index in [1.807, 2.05) is 17.0 Å². The molecule has 1 atom stereocenters. The minimum atomic E-state index is -0.502. The summed E-state index contributed by atoms with van der Waals surface area (Å²) in [5, 5.41) is 9.41. The molecule has 0 bridgehead atoms. The van der Waals surface area contributed by atoms with Gasteiger partial charge in [0.2, 0.25) is 0 Å². The van der Waals surface area contributed by atoms with Gasteiger partial charge in [0.25, 0.3) is 11.7 Å². The van der Waals surface area contributed by atoms with Gasteiger partial charge in [-0.15, -0.1) is 0 Å². The van der Waals surface area contributed by atoms with E-state index in [1.54, 1.807) is 13.1 Å². The Hall–Kier alpha value is -1.92. The van der Waals surface area contributed by atoms with Crippen LogP contribution < -0.4 is 9.80 Å². The summed E-state index contributed by atoms with van der Waals surface area (Å²) in [4.78, 5) is 26.8. The zero-order valence-electron chi connectivity index (χ0n) is 11.2. The lowest BCUT2D eigenvalue weighted by Crippen LogP contribution is -2.47. The average molecular weight is 276 g/mol. The first-order chi connectivity index (χ1) is 9.63. The van der Waals surface area contributed by atoms with Crippen molar-refractivity contribution in [3.05, 3.63) is 23.8 Å². The van der Waals surface area contributed by atoms with Crippen LogP contribution in [0.2, 0.25) is 0 Å². The van der Waals surface area contributed by atoms with Crippen LogP contribution in [0.25, 0.3) is 0 Å². The number of ether oxygens (including phenoxy) is 1. The Bertz CT molecular complexity index is 572. The highest BCUT2D eigenvalue weighted by Crippen LogP contribution is 2.32. The van der Waals surface area contributed by atoms with Crippen molar-refractivity contribution < 1.29 is 19.4 Å². The molecule has 6 nitrogen and oxygen atoms in total. The third-order valence-corrected chi connectivity index (χ3v) is 3.86. The van der Waals surface area contributed by atoms with Crippen molar-refractivity contribution in [2.75, 3.05) is 43.2 Å². The Morgan fingerprint density at radius 1 is 1.40 bits per heavy atom. The van der Waals surface area contributed by atoms with Gasteiger partial charge in [0, 0.05) is 19.3 Å². The van der Waals surface area contributed by atoms with Gasteiger partial charge in [-0.25, -0.2) is 0 Å². The second kappa shape index (κ2) is 4.88. The number of morpholine rings is 1. The van der Waals surface area contributed by atoms with E-state index in [9.17, 15) is 14.7 Å². The number of likely N-dealkylation sites (N-methyl/N-ethyl adjacent to an activating group) is 1. The normalized spacial score (nSPS) is 22.4. The maximum atomic E-state index is 11.8. The number of Topliss-reactive ketones (excluding diaryl/α,β-unsaturated/α-hetero) is 1. The molecule has 6 heteroatoms. The minimum Gasteiger partial charge on any atom is -0.394 e. The van der Waals surface area contributed by atoms with Crippen molar-refractivity contribution in [1.29, 1.82) is 0 Å². The number of rotatable bonds is 2. The van der Waals surface area contributed by atoms with Gasteiger partial charge in [0.15, 0.2) is 0 Å². The first kappa shape index (κ1) is 13.1. The molecule has 1 saturated heterocycles. The highest BCUT2D eigenvalue weighted by Gasteiger charge is 2.34. The molecule has 0 aromatic heterocycles. The number of ketones is 1. The molecule has 1 unspecified atom stereocenters. The summed E-state index contributed by atoms with van der Waals surface area (Å²) in [6.07, 6.45) is 0. The maximum Gasteiger partial charge on any atom is 0.299 e. The predicted molar refractivity (Wildman–Crippen MR) is 73.2 cm³/mol. The highest BCUT2D eigenvalue weighted by molar-refractivity contribution is 6.52. The first-order valence-electron chi connectivity index (χ1n) is 6.55. The van der Waals surface area contributed by atoms with Gasteiger partial charge >= 0.3 is 0 Å². The van der Waals surface area contributed by atoms with Crippen LogP contribution in [0.4, 0.5) is 11.4 Å². The summed E-state index contributed by atoms with van der Waals surface area (Å²) >= 11 is 0. The van der Waals surface area contributed by atoms with E-state index in [1.165, 1.54) is 4.90 Å². The van der Waals surface area contributed by atoms with Crippen LogP contribution in [0.1, 0.15) is 10.4 Å². The summed E-state index contributed by atoms with van der Waals surface area (Å²) in [6.45, 7) is 1.75.